The third kappa shape index (κ3) is 11.7. The topological polar surface area (TPSA) is 63.2 Å². The molecule has 0 radical (unpaired) electrons. The molecule has 1 aromatic carbocycles. The Morgan fingerprint density at radius 2 is 1.62 bits per heavy atom. The Morgan fingerprint density at radius 1 is 1.17 bits per heavy atom. The second-order valence-electron chi connectivity index (χ2n) is 4.69. The fourth-order valence-corrected chi connectivity index (χ4v) is 1.88. The summed E-state index contributed by atoms with van der Waals surface area (Å²) in [4.78, 5) is -0.0666. The Hall–Kier alpha value is -1.88. The molecule has 11 heteroatoms. The van der Waals surface area contributed by atoms with Gasteiger partial charge in [0.2, 0.25) is 6.33 Å². The van der Waals surface area contributed by atoms with Crippen LogP contribution in [0.5, 0.6) is 0 Å². The summed E-state index contributed by atoms with van der Waals surface area (Å²) in [5.74, 6) is 0. The van der Waals surface area contributed by atoms with Crippen molar-refractivity contribution in [1.82, 2.24) is 4.57 Å². The molecule has 2 aromatic rings. The van der Waals surface area contributed by atoms with E-state index < -0.39 is 17.4 Å². The number of aromatic nitrogens is 2. The molecule has 1 N–H and O–H groups in total. The molecule has 24 heavy (non-hydrogen) atoms. The molecule has 0 fully saturated rings. The van der Waals surface area contributed by atoms with Crippen LogP contribution in [0.2, 0.25) is 0 Å². The van der Waals surface area contributed by atoms with Crippen LogP contribution in [-0.4, -0.2) is 24.8 Å². The quantitative estimate of drug-likeness (QED) is 0.383. The number of hydrogen-bond acceptors (Lipinski definition) is 2. The van der Waals surface area contributed by atoms with E-state index >= 15 is 0 Å². The highest BCUT2D eigenvalue weighted by atomic mass is 32.2. The molecular weight excluding hydrogens is 351 g/mol. The number of rotatable bonds is 2. The van der Waals surface area contributed by atoms with Crippen molar-refractivity contribution in [2.24, 2.45) is 7.05 Å². The minimum atomic E-state index is -6.00. The van der Waals surface area contributed by atoms with Crippen LogP contribution < -0.4 is 4.57 Å². The van der Waals surface area contributed by atoms with Crippen molar-refractivity contribution in [3.05, 3.63) is 48.5 Å². The molecule has 0 aliphatic carbocycles. The Labute approximate surface area is 138 Å². The second kappa shape index (κ2) is 9.43. The molecule has 2 rings (SSSR count). The van der Waals surface area contributed by atoms with Crippen molar-refractivity contribution in [2.45, 2.75) is 25.3 Å². The van der Waals surface area contributed by atoms with Crippen LogP contribution in [0.25, 0.3) is 0 Å². The van der Waals surface area contributed by atoms with E-state index in [1.165, 1.54) is 12.1 Å². The standard InChI is InChI=1S/C7H8O3S.C6H11N2.BF4/c1-6-2-4-7(5-3-6)11(8,9)10;1-3-8-5-4-7(2)6-8;2-1(3,4)5/h2-5H,1H3,(H,8,9,10);4-6H,3H2,1-2H3;/q;+1;-1. The van der Waals surface area contributed by atoms with Crippen LogP contribution in [0.4, 0.5) is 17.3 Å². The molecule has 0 spiro atoms. The van der Waals surface area contributed by atoms with Crippen molar-refractivity contribution in [2.75, 3.05) is 0 Å². The summed E-state index contributed by atoms with van der Waals surface area (Å²) < 4.78 is 72.7. The first-order valence-corrected chi connectivity index (χ1v) is 8.19. The van der Waals surface area contributed by atoms with Gasteiger partial charge in [0.1, 0.15) is 12.4 Å². The minimum absolute atomic E-state index is 0.0666. The summed E-state index contributed by atoms with van der Waals surface area (Å²) >= 11 is 0. The second-order valence-corrected chi connectivity index (χ2v) is 6.11. The average Bonchev–Trinajstić information content (AvgIpc) is 2.83. The molecule has 0 saturated heterocycles. The van der Waals surface area contributed by atoms with E-state index in [0.29, 0.717) is 0 Å². The molecule has 1 aromatic heterocycles. The van der Waals surface area contributed by atoms with Gasteiger partial charge in [0, 0.05) is 0 Å². The van der Waals surface area contributed by atoms with E-state index in [2.05, 4.69) is 24.0 Å². The highest BCUT2D eigenvalue weighted by Gasteiger charge is 2.20. The van der Waals surface area contributed by atoms with Gasteiger partial charge < -0.3 is 17.3 Å². The molecule has 0 aliphatic rings. The zero-order valence-corrected chi connectivity index (χ0v) is 14.2. The monoisotopic (exact) mass is 370 g/mol. The van der Waals surface area contributed by atoms with Gasteiger partial charge in [-0.3, -0.25) is 4.55 Å². The summed E-state index contributed by atoms with van der Waals surface area (Å²) in [6, 6.07) is 5.99. The van der Waals surface area contributed by atoms with Gasteiger partial charge in [-0.15, -0.1) is 0 Å². The maximum atomic E-state index is 10.5. The maximum Gasteiger partial charge on any atom is 0.673 e. The summed E-state index contributed by atoms with van der Waals surface area (Å²) in [7, 11) is -8.00. The first-order chi connectivity index (χ1) is 10.8. The molecule has 0 amide bonds. The van der Waals surface area contributed by atoms with Crippen LogP contribution >= 0.6 is 0 Å². The third-order valence-electron chi connectivity index (χ3n) is 2.51. The minimum Gasteiger partial charge on any atom is -0.418 e. The normalized spacial score (nSPS) is 11.0. The lowest BCUT2D eigenvalue weighted by atomic mass is 10.2. The highest BCUT2D eigenvalue weighted by molar-refractivity contribution is 7.85. The fraction of sp³-hybridized carbons (Fsp3) is 0.308. The van der Waals surface area contributed by atoms with Gasteiger partial charge in [-0.2, -0.15) is 8.42 Å². The Bertz CT molecular complexity index is 710. The van der Waals surface area contributed by atoms with Gasteiger partial charge in [0.15, 0.2) is 0 Å². The van der Waals surface area contributed by atoms with Gasteiger partial charge in [-0.1, -0.05) is 17.7 Å². The smallest absolute Gasteiger partial charge is 0.418 e. The number of imidazole rings is 1. The number of halogens is 4. The van der Waals surface area contributed by atoms with Crippen molar-refractivity contribution in [3.8, 4) is 0 Å². The summed E-state index contributed by atoms with van der Waals surface area (Å²) in [5, 5.41) is 0. The van der Waals surface area contributed by atoms with E-state index in [-0.39, 0.29) is 4.90 Å². The van der Waals surface area contributed by atoms with E-state index in [1.54, 1.807) is 12.1 Å². The van der Waals surface area contributed by atoms with E-state index in [0.717, 1.165) is 12.1 Å². The highest BCUT2D eigenvalue weighted by Crippen LogP contribution is 2.08. The average molecular weight is 370 g/mol. The molecule has 136 valence electrons. The van der Waals surface area contributed by atoms with Crippen LogP contribution in [0, 0.1) is 6.92 Å². The SMILES string of the molecule is CCn1cc[n+](C)c1.Cc1ccc(S(=O)(=O)O)cc1.F[B-](F)(F)F. The number of benzene rings is 1. The van der Waals surface area contributed by atoms with Gasteiger partial charge in [-0.05, 0) is 26.0 Å². The Morgan fingerprint density at radius 3 is 1.88 bits per heavy atom. The van der Waals surface area contributed by atoms with Gasteiger partial charge in [-0.25, -0.2) is 9.13 Å². The van der Waals surface area contributed by atoms with Crippen molar-refractivity contribution >= 4 is 17.4 Å². The lowest BCUT2D eigenvalue weighted by molar-refractivity contribution is -0.671. The lowest BCUT2D eigenvalue weighted by Crippen LogP contribution is -2.23. The fourth-order valence-electron chi connectivity index (χ4n) is 1.40. The third-order valence-corrected chi connectivity index (χ3v) is 3.38. The van der Waals surface area contributed by atoms with Crippen LogP contribution in [0.1, 0.15) is 12.5 Å². The van der Waals surface area contributed by atoms with Gasteiger partial charge in [0.05, 0.1) is 18.5 Å². The Kier molecular flexibility index (Phi) is 8.69. The number of hydrogen-bond donors (Lipinski definition) is 1. The van der Waals surface area contributed by atoms with Gasteiger partial charge in [0.25, 0.3) is 10.1 Å². The van der Waals surface area contributed by atoms with E-state index in [4.69, 9.17) is 4.55 Å². The molecule has 1 heterocycles. The van der Waals surface area contributed by atoms with Crippen molar-refractivity contribution < 1.29 is 34.8 Å². The first kappa shape index (κ1) is 22.1. The number of aryl methyl sites for hydroxylation is 3. The van der Waals surface area contributed by atoms with Crippen LogP contribution in [0.3, 0.4) is 0 Å². The summed E-state index contributed by atoms with van der Waals surface area (Å²) in [6.45, 7) is 5.02. The van der Waals surface area contributed by atoms with Crippen LogP contribution in [0.15, 0.2) is 47.9 Å². The van der Waals surface area contributed by atoms with Crippen molar-refractivity contribution in [3.63, 3.8) is 0 Å². The predicted octanol–water partition coefficient (Wildman–Crippen LogP) is 2.87. The maximum absolute atomic E-state index is 10.5. The van der Waals surface area contributed by atoms with E-state index in [1.807, 2.05) is 24.7 Å². The Balaban J connectivity index is 0.000000358. The molecule has 5 nitrogen and oxygen atoms in total. The molecule has 0 aliphatic heterocycles. The predicted molar refractivity (Wildman–Crippen MR) is 82.5 cm³/mol. The molecular formula is C13H19BF4N2O3S. The summed E-state index contributed by atoms with van der Waals surface area (Å²) in [6.07, 6.45) is 6.14. The number of nitrogens with zero attached hydrogens (tertiary/aromatic N) is 2. The van der Waals surface area contributed by atoms with E-state index in [9.17, 15) is 25.7 Å². The lowest BCUT2D eigenvalue weighted by Gasteiger charge is -1.95. The summed E-state index contributed by atoms with van der Waals surface area (Å²) in [5.41, 5.74) is 0.956. The molecule has 0 atom stereocenters. The zero-order chi connectivity index (χ0) is 19.0. The van der Waals surface area contributed by atoms with Crippen molar-refractivity contribution in [1.29, 1.82) is 0 Å². The molecule has 0 saturated carbocycles. The molecule has 0 unspecified atom stereocenters. The van der Waals surface area contributed by atoms with Crippen LogP contribution in [-0.2, 0) is 23.7 Å². The van der Waals surface area contributed by atoms with Gasteiger partial charge >= 0.3 is 7.25 Å². The first-order valence-electron chi connectivity index (χ1n) is 6.75. The zero-order valence-electron chi connectivity index (χ0n) is 13.4. The largest absolute Gasteiger partial charge is 0.673 e. The molecule has 0 bridgehead atoms.